The van der Waals surface area contributed by atoms with E-state index in [1.54, 1.807) is 5.01 Å². The van der Waals surface area contributed by atoms with E-state index >= 15 is 0 Å². The van der Waals surface area contributed by atoms with Crippen molar-refractivity contribution >= 4 is 6.34 Å². The van der Waals surface area contributed by atoms with E-state index in [1.807, 2.05) is 14.1 Å². The van der Waals surface area contributed by atoms with Crippen LogP contribution in [0.1, 0.15) is 0 Å². The molecule has 0 bridgehead atoms. The topological polar surface area (TPSA) is 44.9 Å². The lowest BCUT2D eigenvalue weighted by Gasteiger charge is -2.19. The predicted molar refractivity (Wildman–Crippen MR) is 38.4 cm³/mol. The van der Waals surface area contributed by atoms with Crippen LogP contribution < -0.4 is 5.84 Å². The van der Waals surface area contributed by atoms with Crippen LogP contribution in [0, 0.1) is 0 Å². The maximum atomic E-state index is 5.36. The highest BCUT2D eigenvalue weighted by Crippen LogP contribution is 1.75. The highest BCUT2D eigenvalue weighted by atomic mass is 15.7. The van der Waals surface area contributed by atoms with E-state index in [-0.39, 0.29) is 0 Å². The van der Waals surface area contributed by atoms with Gasteiger partial charge >= 0.3 is 0 Å². The van der Waals surface area contributed by atoms with Gasteiger partial charge in [0.1, 0.15) is 6.34 Å². The van der Waals surface area contributed by atoms with Crippen LogP contribution in [0.5, 0.6) is 0 Å². The van der Waals surface area contributed by atoms with Gasteiger partial charge in [0.25, 0.3) is 0 Å². The fourth-order valence-corrected chi connectivity index (χ4v) is 0.219. The monoisotopic (exact) mass is 128 g/mol. The highest BCUT2D eigenvalue weighted by molar-refractivity contribution is 5.53. The standard InChI is InChI=1S/C5H12N4/c1-4-7-5-9(6)8(2)3/h4-5H,1,6H2,2-3H3. The molecule has 0 aromatic heterocycles. The van der Waals surface area contributed by atoms with Crippen LogP contribution >= 0.6 is 0 Å². The first-order valence-corrected chi connectivity index (χ1v) is 2.54. The first-order chi connectivity index (χ1) is 4.18. The molecule has 0 aromatic carbocycles. The van der Waals surface area contributed by atoms with E-state index in [1.165, 1.54) is 17.7 Å². The number of aliphatic imine (C=N–C) groups is 1. The van der Waals surface area contributed by atoms with E-state index < -0.39 is 0 Å². The first kappa shape index (κ1) is 8.13. The first-order valence-electron chi connectivity index (χ1n) is 2.54. The Morgan fingerprint density at radius 1 is 1.56 bits per heavy atom. The second-order valence-electron chi connectivity index (χ2n) is 1.67. The lowest BCUT2D eigenvalue weighted by Crippen LogP contribution is -2.41. The van der Waals surface area contributed by atoms with Gasteiger partial charge in [-0.3, -0.25) is 0 Å². The molecule has 9 heavy (non-hydrogen) atoms. The molecule has 4 heteroatoms. The molecule has 2 N–H and O–H groups in total. The van der Waals surface area contributed by atoms with Gasteiger partial charge < -0.3 is 0 Å². The molecule has 52 valence electrons. The zero-order chi connectivity index (χ0) is 7.28. The van der Waals surface area contributed by atoms with Crippen molar-refractivity contribution in [1.29, 1.82) is 0 Å². The summed E-state index contributed by atoms with van der Waals surface area (Å²) in [5.41, 5.74) is 0. The Morgan fingerprint density at radius 2 is 2.11 bits per heavy atom. The quantitative estimate of drug-likeness (QED) is 0.248. The van der Waals surface area contributed by atoms with Crippen LogP contribution in [0.2, 0.25) is 0 Å². The van der Waals surface area contributed by atoms with Gasteiger partial charge in [-0.2, -0.15) is 0 Å². The number of rotatable bonds is 3. The fraction of sp³-hybridized carbons (Fsp3) is 0.400. The average molecular weight is 128 g/mol. The van der Waals surface area contributed by atoms with Crippen LogP contribution in [0.25, 0.3) is 0 Å². The molecule has 0 aliphatic heterocycles. The van der Waals surface area contributed by atoms with Crippen molar-refractivity contribution in [2.24, 2.45) is 10.8 Å². The van der Waals surface area contributed by atoms with Crippen LogP contribution in [-0.2, 0) is 0 Å². The minimum absolute atomic E-state index is 1.35. The molecule has 0 atom stereocenters. The molecule has 4 nitrogen and oxygen atoms in total. The smallest absolute Gasteiger partial charge is 0.122 e. The van der Waals surface area contributed by atoms with E-state index in [9.17, 15) is 0 Å². The van der Waals surface area contributed by atoms with Gasteiger partial charge in [0, 0.05) is 20.3 Å². The molecule has 0 radical (unpaired) electrons. The van der Waals surface area contributed by atoms with Crippen molar-refractivity contribution in [3.8, 4) is 0 Å². The zero-order valence-corrected chi connectivity index (χ0v) is 5.78. The van der Waals surface area contributed by atoms with Crippen LogP contribution in [-0.4, -0.2) is 30.6 Å². The summed E-state index contributed by atoms with van der Waals surface area (Å²) in [5, 5.41) is 3.04. The average Bonchev–Trinajstić information content (AvgIpc) is 1.82. The van der Waals surface area contributed by atoms with E-state index in [4.69, 9.17) is 5.84 Å². The second kappa shape index (κ2) is 4.05. The molecule has 0 amide bonds. The Hall–Kier alpha value is -0.870. The predicted octanol–water partition coefficient (Wildman–Crippen LogP) is -0.190. The Morgan fingerprint density at radius 3 is 2.44 bits per heavy atom. The normalized spacial score (nSPS) is 10.7. The molecule has 0 saturated heterocycles. The number of hydrogen-bond acceptors (Lipinski definition) is 3. The van der Waals surface area contributed by atoms with Crippen molar-refractivity contribution in [3.63, 3.8) is 0 Å². The van der Waals surface area contributed by atoms with Gasteiger partial charge in [0.2, 0.25) is 0 Å². The van der Waals surface area contributed by atoms with Gasteiger partial charge in [-0.1, -0.05) is 6.58 Å². The van der Waals surface area contributed by atoms with E-state index in [2.05, 4.69) is 11.6 Å². The minimum Gasteiger partial charge on any atom is -0.245 e. The summed E-state index contributed by atoms with van der Waals surface area (Å²) in [7, 11) is 3.63. The van der Waals surface area contributed by atoms with Crippen LogP contribution in [0.3, 0.4) is 0 Å². The number of hydrogen-bond donors (Lipinski definition) is 1. The molecule has 0 aliphatic rings. The molecular formula is C5H12N4. The van der Waals surface area contributed by atoms with Crippen LogP contribution in [0.4, 0.5) is 0 Å². The van der Waals surface area contributed by atoms with E-state index in [0.717, 1.165) is 0 Å². The summed E-state index contributed by atoms with van der Waals surface area (Å²) in [6, 6.07) is 0. The molecule has 0 rings (SSSR count). The largest absolute Gasteiger partial charge is 0.245 e. The Bertz CT molecular complexity index is 108. The van der Waals surface area contributed by atoms with Crippen molar-refractivity contribution in [2.75, 3.05) is 14.1 Å². The third kappa shape index (κ3) is 3.69. The Labute approximate surface area is 55.2 Å². The molecular weight excluding hydrogens is 116 g/mol. The summed E-state index contributed by atoms with van der Waals surface area (Å²) < 4.78 is 0. The van der Waals surface area contributed by atoms with Crippen molar-refractivity contribution < 1.29 is 0 Å². The van der Waals surface area contributed by atoms with E-state index in [0.29, 0.717) is 0 Å². The third-order valence-electron chi connectivity index (χ3n) is 0.752. The van der Waals surface area contributed by atoms with Gasteiger partial charge in [-0.15, -0.1) is 0 Å². The maximum absolute atomic E-state index is 5.36. The van der Waals surface area contributed by atoms with Gasteiger partial charge in [0.15, 0.2) is 0 Å². The Balaban J connectivity index is 3.61. The second-order valence-corrected chi connectivity index (χ2v) is 1.67. The SMILES string of the molecule is C=CN=CN(N)N(C)C. The number of nitrogens with two attached hydrogens (primary N) is 1. The van der Waals surface area contributed by atoms with Crippen molar-refractivity contribution in [3.05, 3.63) is 12.8 Å². The summed E-state index contributed by atoms with van der Waals surface area (Å²) >= 11 is 0. The van der Waals surface area contributed by atoms with Gasteiger partial charge in [-0.05, 0) is 0 Å². The molecule has 0 heterocycles. The third-order valence-corrected chi connectivity index (χ3v) is 0.752. The summed E-state index contributed by atoms with van der Waals surface area (Å²) in [6.07, 6.45) is 2.89. The molecule has 0 unspecified atom stereocenters. The summed E-state index contributed by atoms with van der Waals surface area (Å²) in [4.78, 5) is 3.69. The molecule has 0 spiro atoms. The number of nitrogens with zero attached hydrogens (tertiary/aromatic N) is 3. The zero-order valence-electron chi connectivity index (χ0n) is 5.78. The lowest BCUT2D eigenvalue weighted by molar-refractivity contribution is 0.119. The molecule has 0 fully saturated rings. The molecule has 0 saturated carbocycles. The molecule has 0 aliphatic carbocycles. The lowest BCUT2D eigenvalue weighted by atomic mass is 11.0. The maximum Gasteiger partial charge on any atom is 0.122 e. The minimum atomic E-state index is 1.35. The van der Waals surface area contributed by atoms with Crippen molar-refractivity contribution in [1.82, 2.24) is 10.1 Å². The highest BCUT2D eigenvalue weighted by Gasteiger charge is 1.90. The van der Waals surface area contributed by atoms with Gasteiger partial charge in [-0.25, -0.2) is 21.0 Å². The summed E-state index contributed by atoms with van der Waals surface area (Å²) in [5.74, 6) is 5.36. The number of hydrazine groups is 2. The van der Waals surface area contributed by atoms with Crippen molar-refractivity contribution in [2.45, 2.75) is 0 Å². The Kier molecular flexibility index (Phi) is 3.66. The molecule has 0 aromatic rings. The van der Waals surface area contributed by atoms with Gasteiger partial charge in [0.05, 0.1) is 0 Å². The fourth-order valence-electron chi connectivity index (χ4n) is 0.219. The van der Waals surface area contributed by atoms with Crippen LogP contribution in [0.15, 0.2) is 17.8 Å². The summed E-state index contributed by atoms with van der Waals surface area (Å²) in [6.45, 7) is 3.39.